The Hall–Kier alpha value is 0.527. The molecule has 0 N–H and O–H groups in total. The van der Waals surface area contributed by atoms with Gasteiger partial charge in [0, 0.05) is 0 Å². The van der Waals surface area contributed by atoms with Crippen molar-refractivity contribution in [3.05, 3.63) is 6.92 Å². The molecule has 0 saturated heterocycles. The summed E-state index contributed by atoms with van der Waals surface area (Å²) in [7, 11) is 0. The third-order valence-corrected chi connectivity index (χ3v) is 0. The molecule has 0 unspecified atom stereocenters. The van der Waals surface area contributed by atoms with Gasteiger partial charge in [-0.05, 0) is 6.92 Å². The third-order valence-electron chi connectivity index (χ3n) is 0. The van der Waals surface area contributed by atoms with Crippen LogP contribution in [0.5, 0.6) is 0 Å². The van der Waals surface area contributed by atoms with Crippen LogP contribution in [0, 0.1) is 6.92 Å². The van der Waals surface area contributed by atoms with E-state index in [-0.39, 0.29) is 18.9 Å². The molecule has 0 aliphatic rings. The molecule has 0 nitrogen and oxygen atoms in total. The molecule has 0 aliphatic carbocycles. The summed E-state index contributed by atoms with van der Waals surface area (Å²) >= 11 is 0. The van der Waals surface area contributed by atoms with Gasteiger partial charge in [0.15, 0.2) is 0 Å². The van der Waals surface area contributed by atoms with E-state index >= 15 is 0 Å². The van der Waals surface area contributed by atoms with Crippen LogP contribution in [0.25, 0.3) is 0 Å². The summed E-state index contributed by atoms with van der Waals surface area (Å²) in [6, 6.07) is 0. The van der Waals surface area contributed by atoms with E-state index < -0.39 is 6.67 Å². The van der Waals surface area contributed by atoms with Gasteiger partial charge in [0.1, 0.15) is 0 Å². The summed E-state index contributed by atoms with van der Waals surface area (Å²) < 4.78 is 10.2. The Morgan fingerprint density at radius 1 is 1.75 bits per heavy atom. The zero-order chi connectivity index (χ0) is 2.71. The summed E-state index contributed by atoms with van der Waals surface area (Å²) in [5.74, 6) is 0. The van der Waals surface area contributed by atoms with E-state index in [4.69, 9.17) is 0 Å². The zero-order valence-corrected chi connectivity index (χ0v) is 1.79. The Morgan fingerprint density at radius 2 is 1.75 bits per heavy atom. The molecule has 0 aliphatic heterocycles. The van der Waals surface area contributed by atoms with Crippen molar-refractivity contribution in [2.45, 2.75) is 0 Å². The first-order chi connectivity index (χ1) is 1.41. The van der Waals surface area contributed by atoms with Crippen molar-refractivity contribution in [1.82, 2.24) is 0 Å². The van der Waals surface area contributed by atoms with Gasteiger partial charge in [-0.1, -0.05) is 0 Å². The van der Waals surface area contributed by atoms with Crippen LogP contribution in [0.3, 0.4) is 0 Å². The summed E-state index contributed by atoms with van der Waals surface area (Å²) in [4.78, 5) is 0. The van der Waals surface area contributed by atoms with Gasteiger partial charge in [0.2, 0.25) is 0 Å². The first-order valence-electron chi connectivity index (χ1n) is 0.767. The second-order valence-corrected chi connectivity index (χ2v) is 0.189. The molecular formula is C2H5FLi. The van der Waals surface area contributed by atoms with Gasteiger partial charge in [-0.2, -0.15) is 0 Å². The SMILES string of the molecule is [CH2]CF.[LiH]. The van der Waals surface area contributed by atoms with Gasteiger partial charge in [-0.15, -0.1) is 0 Å². The van der Waals surface area contributed by atoms with Gasteiger partial charge in [0.25, 0.3) is 0 Å². The van der Waals surface area contributed by atoms with E-state index in [0.717, 1.165) is 0 Å². The summed E-state index contributed by atoms with van der Waals surface area (Å²) in [6.07, 6.45) is 0. The maximum absolute atomic E-state index is 10.2. The normalized spacial score (nSPS) is 4.50. The van der Waals surface area contributed by atoms with Crippen LogP contribution in [0.4, 0.5) is 4.39 Å². The predicted molar refractivity (Wildman–Crippen MR) is 18.5 cm³/mol. The van der Waals surface area contributed by atoms with Crippen LogP contribution in [0.1, 0.15) is 0 Å². The Kier molecular flexibility index (Phi) is 21.3. The van der Waals surface area contributed by atoms with E-state index in [1.807, 2.05) is 0 Å². The van der Waals surface area contributed by atoms with Crippen molar-refractivity contribution < 1.29 is 4.39 Å². The second-order valence-electron chi connectivity index (χ2n) is 0.189. The predicted octanol–water partition coefficient (Wildman–Crippen LogP) is 0.141. The number of rotatable bonds is 0. The quantitative estimate of drug-likeness (QED) is 0.346. The number of hydrogen-bond acceptors (Lipinski definition) is 0. The molecule has 21 valence electrons. The Morgan fingerprint density at radius 3 is 1.75 bits per heavy atom. The van der Waals surface area contributed by atoms with Crippen molar-refractivity contribution in [1.29, 1.82) is 0 Å². The van der Waals surface area contributed by atoms with Crippen molar-refractivity contribution >= 4 is 18.9 Å². The van der Waals surface area contributed by atoms with E-state index in [2.05, 4.69) is 6.92 Å². The molecule has 0 fully saturated rings. The summed E-state index contributed by atoms with van der Waals surface area (Å²) in [6.45, 7) is 2.32. The first-order valence-corrected chi connectivity index (χ1v) is 0.767. The van der Waals surface area contributed by atoms with Crippen LogP contribution in [0.2, 0.25) is 0 Å². The van der Waals surface area contributed by atoms with E-state index in [1.54, 1.807) is 0 Å². The molecule has 2 heteroatoms. The Labute approximate surface area is 37.6 Å². The minimum atomic E-state index is -0.500. The Bertz CT molecular complexity index is 6.00. The summed E-state index contributed by atoms with van der Waals surface area (Å²) in [5, 5.41) is 0. The van der Waals surface area contributed by atoms with Crippen molar-refractivity contribution in [2.75, 3.05) is 6.67 Å². The van der Waals surface area contributed by atoms with E-state index in [1.165, 1.54) is 0 Å². The van der Waals surface area contributed by atoms with Gasteiger partial charge < -0.3 is 0 Å². The van der Waals surface area contributed by atoms with Gasteiger partial charge >= 0.3 is 18.9 Å². The van der Waals surface area contributed by atoms with E-state index in [0.29, 0.717) is 0 Å². The van der Waals surface area contributed by atoms with Crippen LogP contribution in [-0.2, 0) is 0 Å². The van der Waals surface area contributed by atoms with Gasteiger partial charge in [0.05, 0.1) is 6.67 Å². The minimum absolute atomic E-state index is 0. The Balaban J connectivity index is 0. The number of alkyl halides is 1. The fourth-order valence-electron chi connectivity index (χ4n) is 0. The monoisotopic (exact) mass is 55.1 g/mol. The van der Waals surface area contributed by atoms with Crippen LogP contribution < -0.4 is 0 Å². The first kappa shape index (κ1) is 8.82. The van der Waals surface area contributed by atoms with Crippen molar-refractivity contribution in [2.24, 2.45) is 0 Å². The molecule has 1 radical (unpaired) electrons. The maximum atomic E-state index is 10.2. The van der Waals surface area contributed by atoms with Crippen LogP contribution >= 0.6 is 0 Å². The molecule has 0 rings (SSSR count). The molecule has 0 aromatic heterocycles. The molecular weight excluding hydrogens is 50.0 g/mol. The molecule has 0 amide bonds. The van der Waals surface area contributed by atoms with Crippen LogP contribution in [0.15, 0.2) is 0 Å². The number of hydrogen-bond donors (Lipinski definition) is 0. The molecule has 0 spiro atoms. The molecule has 0 saturated carbocycles. The fourth-order valence-corrected chi connectivity index (χ4v) is 0. The molecule has 0 bridgehead atoms. The van der Waals surface area contributed by atoms with Crippen molar-refractivity contribution in [3.63, 3.8) is 0 Å². The number of halogens is 1. The average Bonchev–Trinajstić information content (AvgIpc) is 0.918. The molecule has 4 heavy (non-hydrogen) atoms. The van der Waals surface area contributed by atoms with Crippen molar-refractivity contribution in [3.8, 4) is 0 Å². The standard InChI is InChI=1S/C2H4F.Li.H/c1-2-3;;/h1-2H2;;. The second kappa shape index (κ2) is 9.66. The average molecular weight is 55.0 g/mol. The van der Waals surface area contributed by atoms with Gasteiger partial charge in [-0.3, -0.25) is 4.39 Å². The van der Waals surface area contributed by atoms with E-state index in [9.17, 15) is 4.39 Å². The molecule has 0 atom stereocenters. The zero-order valence-electron chi connectivity index (χ0n) is 1.79. The third kappa shape index (κ3) is 21.2. The molecule has 0 aromatic carbocycles. The molecule has 0 heterocycles. The summed E-state index contributed by atoms with van der Waals surface area (Å²) in [5.41, 5.74) is 0. The van der Waals surface area contributed by atoms with Crippen LogP contribution in [-0.4, -0.2) is 25.5 Å². The molecule has 0 aromatic rings. The fraction of sp³-hybridized carbons (Fsp3) is 0.500. The topological polar surface area (TPSA) is 0 Å². The van der Waals surface area contributed by atoms with Gasteiger partial charge in [-0.25, -0.2) is 0 Å².